The fourth-order valence-electron chi connectivity index (χ4n) is 1.10. The highest BCUT2D eigenvalue weighted by atomic mass is 16.5. The van der Waals surface area contributed by atoms with Gasteiger partial charge in [0.05, 0.1) is 18.8 Å². The molecule has 1 saturated heterocycles. The molecule has 0 aromatic carbocycles. The summed E-state index contributed by atoms with van der Waals surface area (Å²) in [5, 5.41) is 17.6. The van der Waals surface area contributed by atoms with E-state index in [2.05, 4.69) is 0 Å². The number of hydrogen-bond acceptors (Lipinski definition) is 3. The summed E-state index contributed by atoms with van der Waals surface area (Å²) in [7, 11) is 0. The third kappa shape index (κ3) is 1.94. The Bertz CT molecular complexity index is 94.9. The topological polar surface area (TPSA) is 49.7 Å². The first-order valence-electron chi connectivity index (χ1n) is 3.18. The van der Waals surface area contributed by atoms with Crippen molar-refractivity contribution in [3.63, 3.8) is 0 Å². The Morgan fingerprint density at radius 2 is 2.20 bits per heavy atom. The van der Waals surface area contributed by atoms with Gasteiger partial charge in [0.15, 0.2) is 0 Å². The monoisotopic (exact) mass is 148 g/mol. The number of ether oxygens (including phenoxy) is 1. The third-order valence-corrected chi connectivity index (χ3v) is 1.59. The largest absolute Gasteiger partial charge is 0.394 e. The van der Waals surface area contributed by atoms with Gasteiger partial charge in [0.25, 0.3) is 0 Å². The van der Waals surface area contributed by atoms with Gasteiger partial charge in [0, 0.05) is 6.42 Å². The molecule has 1 unspecified atom stereocenters. The minimum atomic E-state index is -0.468. The molecular formula is C7H16O3. The van der Waals surface area contributed by atoms with Gasteiger partial charge in [-0.05, 0) is 6.92 Å². The van der Waals surface area contributed by atoms with E-state index in [1.165, 1.54) is 0 Å². The number of rotatable bonds is 1. The maximum absolute atomic E-state index is 9.07. The summed E-state index contributed by atoms with van der Waals surface area (Å²) in [6, 6.07) is 0. The molecule has 0 spiro atoms. The van der Waals surface area contributed by atoms with Crippen molar-refractivity contribution in [3.8, 4) is 0 Å². The maximum Gasteiger partial charge on any atom is 0.107 e. The summed E-state index contributed by atoms with van der Waals surface area (Å²) >= 11 is 0. The molecule has 1 rings (SSSR count). The van der Waals surface area contributed by atoms with Crippen molar-refractivity contribution in [2.45, 2.75) is 39.1 Å². The molecule has 62 valence electrons. The van der Waals surface area contributed by atoms with Crippen LogP contribution >= 0.6 is 0 Å². The van der Waals surface area contributed by atoms with Crippen LogP contribution < -0.4 is 0 Å². The van der Waals surface area contributed by atoms with Crippen LogP contribution in [0, 0.1) is 0 Å². The van der Waals surface area contributed by atoms with Gasteiger partial charge in [-0.15, -0.1) is 0 Å². The quantitative estimate of drug-likeness (QED) is 0.556. The van der Waals surface area contributed by atoms with Crippen LogP contribution in [-0.4, -0.2) is 35.1 Å². The second-order valence-electron chi connectivity index (χ2n) is 2.47. The third-order valence-electron chi connectivity index (χ3n) is 1.59. The van der Waals surface area contributed by atoms with Crippen molar-refractivity contribution >= 4 is 0 Å². The van der Waals surface area contributed by atoms with Gasteiger partial charge in [-0.1, -0.05) is 7.43 Å². The molecule has 0 bridgehead atoms. The Hall–Kier alpha value is -0.120. The van der Waals surface area contributed by atoms with Gasteiger partial charge in [-0.3, -0.25) is 0 Å². The molecule has 1 fully saturated rings. The van der Waals surface area contributed by atoms with Crippen molar-refractivity contribution in [1.29, 1.82) is 0 Å². The van der Waals surface area contributed by atoms with Crippen LogP contribution in [0.3, 0.4) is 0 Å². The average molecular weight is 148 g/mol. The standard InChI is InChI=1S/C6H12O3.CH4/c1-4-2-5(8)6(3-7)9-4;/h4-8H,2-3H2,1H3;1H4/t4-,5?,6+;/m0./s1. The van der Waals surface area contributed by atoms with E-state index < -0.39 is 6.10 Å². The predicted octanol–water partition coefficient (Wildman–Crippen LogP) is 0.153. The molecule has 0 radical (unpaired) electrons. The summed E-state index contributed by atoms with van der Waals surface area (Å²) in [5.41, 5.74) is 0. The molecule has 1 heterocycles. The van der Waals surface area contributed by atoms with E-state index in [0.717, 1.165) is 0 Å². The van der Waals surface area contributed by atoms with E-state index in [9.17, 15) is 0 Å². The molecule has 10 heavy (non-hydrogen) atoms. The van der Waals surface area contributed by atoms with Gasteiger partial charge >= 0.3 is 0 Å². The van der Waals surface area contributed by atoms with Gasteiger partial charge in [-0.25, -0.2) is 0 Å². The van der Waals surface area contributed by atoms with Crippen molar-refractivity contribution in [3.05, 3.63) is 0 Å². The smallest absolute Gasteiger partial charge is 0.107 e. The molecule has 0 aromatic rings. The number of aliphatic hydroxyl groups is 2. The van der Waals surface area contributed by atoms with Crippen LogP contribution in [0.15, 0.2) is 0 Å². The van der Waals surface area contributed by atoms with Crippen molar-refractivity contribution in [1.82, 2.24) is 0 Å². The van der Waals surface area contributed by atoms with E-state index in [1.807, 2.05) is 6.92 Å². The highest BCUT2D eigenvalue weighted by Gasteiger charge is 2.30. The summed E-state index contributed by atoms with van der Waals surface area (Å²) in [6.07, 6.45) is -0.0762. The van der Waals surface area contributed by atoms with Crippen LogP contribution in [-0.2, 0) is 4.74 Å². The highest BCUT2D eigenvalue weighted by Crippen LogP contribution is 2.18. The van der Waals surface area contributed by atoms with E-state index in [1.54, 1.807) is 0 Å². The zero-order chi connectivity index (χ0) is 6.85. The summed E-state index contributed by atoms with van der Waals surface area (Å²) in [5.74, 6) is 0. The fourth-order valence-corrected chi connectivity index (χ4v) is 1.10. The van der Waals surface area contributed by atoms with Gasteiger partial charge < -0.3 is 14.9 Å². The Morgan fingerprint density at radius 3 is 2.40 bits per heavy atom. The lowest BCUT2D eigenvalue weighted by Crippen LogP contribution is -2.24. The lowest BCUT2D eigenvalue weighted by Gasteiger charge is -2.08. The van der Waals surface area contributed by atoms with Gasteiger partial charge in [-0.2, -0.15) is 0 Å². The molecular weight excluding hydrogens is 132 g/mol. The minimum Gasteiger partial charge on any atom is -0.394 e. The van der Waals surface area contributed by atoms with Crippen LogP contribution in [0.5, 0.6) is 0 Å². The van der Waals surface area contributed by atoms with E-state index in [4.69, 9.17) is 14.9 Å². The SMILES string of the molecule is C.C[C@H]1CC(O)[C@@H](CO)O1. The zero-order valence-corrected chi connectivity index (χ0v) is 5.45. The van der Waals surface area contributed by atoms with Gasteiger partial charge in [0.2, 0.25) is 0 Å². The Kier molecular flexibility index (Phi) is 3.86. The van der Waals surface area contributed by atoms with Crippen LogP contribution in [0.4, 0.5) is 0 Å². The first kappa shape index (κ1) is 9.88. The molecule has 3 heteroatoms. The van der Waals surface area contributed by atoms with Crippen molar-refractivity contribution in [2.75, 3.05) is 6.61 Å². The normalized spacial score (nSPS) is 39.3. The minimum absolute atomic E-state index is 0. The molecule has 3 nitrogen and oxygen atoms in total. The van der Waals surface area contributed by atoms with Crippen molar-refractivity contribution < 1.29 is 14.9 Å². The fraction of sp³-hybridized carbons (Fsp3) is 1.00. The predicted molar refractivity (Wildman–Crippen MR) is 38.8 cm³/mol. The molecule has 2 N–H and O–H groups in total. The van der Waals surface area contributed by atoms with E-state index in [-0.39, 0.29) is 26.2 Å². The zero-order valence-electron chi connectivity index (χ0n) is 5.45. The first-order valence-corrected chi connectivity index (χ1v) is 3.18. The summed E-state index contributed by atoms with van der Waals surface area (Å²) in [4.78, 5) is 0. The second-order valence-corrected chi connectivity index (χ2v) is 2.47. The van der Waals surface area contributed by atoms with Crippen LogP contribution in [0.25, 0.3) is 0 Å². The Labute approximate surface area is 61.6 Å². The van der Waals surface area contributed by atoms with Crippen LogP contribution in [0.1, 0.15) is 20.8 Å². The lowest BCUT2D eigenvalue weighted by atomic mass is 10.1. The lowest BCUT2D eigenvalue weighted by molar-refractivity contribution is -0.0170. The highest BCUT2D eigenvalue weighted by molar-refractivity contribution is 4.78. The summed E-state index contributed by atoms with van der Waals surface area (Å²) < 4.78 is 5.12. The Morgan fingerprint density at radius 1 is 1.60 bits per heavy atom. The molecule has 0 amide bonds. The number of aliphatic hydroxyl groups excluding tert-OH is 2. The second kappa shape index (κ2) is 3.91. The van der Waals surface area contributed by atoms with Crippen LogP contribution in [0.2, 0.25) is 0 Å². The van der Waals surface area contributed by atoms with E-state index >= 15 is 0 Å². The number of hydrogen-bond donors (Lipinski definition) is 2. The van der Waals surface area contributed by atoms with E-state index in [0.29, 0.717) is 6.42 Å². The molecule has 3 atom stereocenters. The first-order chi connectivity index (χ1) is 4.24. The average Bonchev–Trinajstić information content (AvgIpc) is 2.10. The molecule has 1 aliphatic heterocycles. The molecule has 1 aliphatic rings. The molecule has 0 aliphatic carbocycles. The Balaban J connectivity index is 0.000000810. The van der Waals surface area contributed by atoms with Crippen molar-refractivity contribution in [2.24, 2.45) is 0 Å². The van der Waals surface area contributed by atoms with Gasteiger partial charge in [0.1, 0.15) is 6.10 Å². The maximum atomic E-state index is 9.07. The molecule has 0 aromatic heterocycles. The summed E-state index contributed by atoms with van der Waals surface area (Å²) in [6.45, 7) is 1.81. The molecule has 0 saturated carbocycles.